The van der Waals surface area contributed by atoms with E-state index in [2.05, 4.69) is 6.92 Å². The van der Waals surface area contributed by atoms with Gasteiger partial charge in [-0.2, -0.15) is 0 Å². The fourth-order valence-electron chi connectivity index (χ4n) is 5.91. The zero-order chi connectivity index (χ0) is 14.5. The minimum Gasteiger partial charge on any atom is -0.508 e. The van der Waals surface area contributed by atoms with Crippen molar-refractivity contribution >= 4 is 5.97 Å². The Bertz CT molecular complexity index is 692. The van der Waals surface area contributed by atoms with Gasteiger partial charge in [-0.25, -0.2) is 0 Å². The van der Waals surface area contributed by atoms with Crippen molar-refractivity contribution in [3.05, 3.63) is 28.3 Å². The van der Waals surface area contributed by atoms with E-state index in [1.807, 2.05) is 13.0 Å². The molecule has 21 heavy (non-hydrogen) atoms. The van der Waals surface area contributed by atoms with Gasteiger partial charge in [0.2, 0.25) is 0 Å². The van der Waals surface area contributed by atoms with E-state index in [9.17, 15) is 9.90 Å². The zero-order valence-electron chi connectivity index (χ0n) is 12.5. The van der Waals surface area contributed by atoms with Crippen LogP contribution in [0, 0.1) is 24.2 Å². The van der Waals surface area contributed by atoms with Crippen LogP contribution in [0.25, 0.3) is 0 Å². The monoisotopic (exact) mass is 284 g/mol. The molecule has 1 aromatic carbocycles. The number of carbonyl (C=O) groups excluding carboxylic acids is 1. The Morgan fingerprint density at radius 3 is 3.00 bits per heavy atom. The maximum absolute atomic E-state index is 12.7. The van der Waals surface area contributed by atoms with Crippen LogP contribution >= 0.6 is 0 Å². The lowest BCUT2D eigenvalue weighted by Crippen LogP contribution is -2.60. The number of phenolic OH excluding ortho intramolecular Hbond substituents is 1. The SMILES string of the molecule is Cc1c(O)cc2c3c1C[C@@H]1[C@@H]4C[C@@H](C)C(CC2)(C(=O)O4)[C@H]31. The summed E-state index contributed by atoms with van der Waals surface area (Å²) in [6, 6.07) is 1.95. The lowest BCUT2D eigenvalue weighted by atomic mass is 9.50. The first-order valence-electron chi connectivity index (χ1n) is 8.09. The second kappa shape index (κ2) is 3.45. The number of esters is 1. The predicted octanol–water partition coefficient (Wildman–Crippen LogP) is 2.85. The largest absolute Gasteiger partial charge is 0.508 e. The second-order valence-corrected chi connectivity index (χ2v) is 7.54. The van der Waals surface area contributed by atoms with E-state index in [0.717, 1.165) is 31.2 Å². The summed E-state index contributed by atoms with van der Waals surface area (Å²) in [6.07, 6.45) is 3.85. The molecule has 0 radical (unpaired) electrons. The second-order valence-electron chi connectivity index (χ2n) is 7.54. The molecule has 3 fully saturated rings. The molecule has 0 amide bonds. The molecule has 1 aromatic rings. The lowest BCUT2D eigenvalue weighted by molar-refractivity contribution is -0.207. The van der Waals surface area contributed by atoms with Crippen molar-refractivity contribution in [3.8, 4) is 5.75 Å². The number of aromatic hydroxyl groups is 1. The summed E-state index contributed by atoms with van der Waals surface area (Å²) in [5, 5.41) is 10.2. The van der Waals surface area contributed by atoms with Crippen molar-refractivity contribution in [1.29, 1.82) is 0 Å². The van der Waals surface area contributed by atoms with Crippen LogP contribution in [0.2, 0.25) is 0 Å². The van der Waals surface area contributed by atoms with Gasteiger partial charge in [0.15, 0.2) is 0 Å². The molecule has 5 aliphatic rings. The Morgan fingerprint density at radius 1 is 1.43 bits per heavy atom. The first-order chi connectivity index (χ1) is 10.0. The summed E-state index contributed by atoms with van der Waals surface area (Å²) < 4.78 is 5.79. The highest BCUT2D eigenvalue weighted by molar-refractivity contribution is 5.83. The van der Waals surface area contributed by atoms with Crippen LogP contribution in [0.15, 0.2) is 6.07 Å². The third-order valence-corrected chi connectivity index (χ3v) is 6.94. The zero-order valence-corrected chi connectivity index (χ0v) is 12.5. The highest BCUT2D eigenvalue weighted by Crippen LogP contribution is 2.67. The minimum atomic E-state index is -0.291. The Hall–Kier alpha value is -1.51. The van der Waals surface area contributed by atoms with Crippen molar-refractivity contribution in [2.45, 2.75) is 51.6 Å². The van der Waals surface area contributed by atoms with Crippen molar-refractivity contribution in [2.75, 3.05) is 0 Å². The van der Waals surface area contributed by atoms with Gasteiger partial charge < -0.3 is 9.84 Å². The number of hydrogen-bond donors (Lipinski definition) is 1. The number of ether oxygens (including phenoxy) is 1. The molecule has 2 aliphatic heterocycles. The van der Waals surface area contributed by atoms with Crippen LogP contribution in [0.3, 0.4) is 0 Å². The number of rotatable bonds is 0. The summed E-state index contributed by atoms with van der Waals surface area (Å²) in [5.74, 6) is 1.67. The number of carbonyl (C=O) groups is 1. The molecule has 6 rings (SSSR count). The average Bonchev–Trinajstić information content (AvgIpc) is 2.86. The van der Waals surface area contributed by atoms with Gasteiger partial charge in [-0.05, 0) is 66.8 Å². The number of hydrogen-bond acceptors (Lipinski definition) is 3. The van der Waals surface area contributed by atoms with Crippen molar-refractivity contribution in [1.82, 2.24) is 0 Å². The first kappa shape index (κ1) is 12.1. The molecule has 2 saturated heterocycles. The van der Waals surface area contributed by atoms with E-state index in [-0.39, 0.29) is 17.5 Å². The molecule has 1 saturated carbocycles. The Kier molecular flexibility index (Phi) is 1.98. The topological polar surface area (TPSA) is 46.5 Å². The fraction of sp³-hybridized carbons (Fsp3) is 0.611. The number of benzene rings is 1. The van der Waals surface area contributed by atoms with E-state index in [1.54, 1.807) is 0 Å². The first-order valence-corrected chi connectivity index (χ1v) is 8.09. The highest BCUT2D eigenvalue weighted by Gasteiger charge is 2.67. The summed E-state index contributed by atoms with van der Waals surface area (Å²) in [4.78, 5) is 12.7. The van der Waals surface area contributed by atoms with Crippen molar-refractivity contribution in [2.24, 2.45) is 17.3 Å². The molecule has 2 heterocycles. The lowest BCUT2D eigenvalue weighted by Gasteiger charge is -2.57. The van der Waals surface area contributed by atoms with Gasteiger partial charge in [0.1, 0.15) is 11.9 Å². The summed E-state index contributed by atoms with van der Waals surface area (Å²) in [7, 11) is 0. The Morgan fingerprint density at radius 2 is 2.24 bits per heavy atom. The standard InChI is InChI=1S/C18H20O3/c1-8-5-14-12-7-11-9(2)13(19)6-10-3-4-18(8,17(20)21-14)16(12)15(10)11/h6,8,12,14,16,19H,3-5,7H2,1-2H3/t8-,12-,14+,16+,18?/m1/s1. The summed E-state index contributed by atoms with van der Waals surface area (Å²) in [6.45, 7) is 4.25. The number of aryl methyl sites for hydroxylation is 1. The molecule has 2 bridgehead atoms. The number of phenols is 1. The molecule has 3 aliphatic carbocycles. The summed E-state index contributed by atoms with van der Waals surface area (Å²) in [5.41, 5.74) is 4.70. The van der Waals surface area contributed by atoms with Gasteiger partial charge >= 0.3 is 5.97 Å². The van der Waals surface area contributed by atoms with E-state index in [0.29, 0.717) is 23.5 Å². The highest BCUT2D eigenvalue weighted by atomic mass is 16.5. The maximum atomic E-state index is 12.7. The molecule has 0 aromatic heterocycles. The third-order valence-electron chi connectivity index (χ3n) is 6.94. The van der Waals surface area contributed by atoms with Gasteiger partial charge in [-0.3, -0.25) is 4.79 Å². The van der Waals surface area contributed by atoms with Crippen LogP contribution in [0.1, 0.15) is 47.9 Å². The average molecular weight is 284 g/mol. The minimum absolute atomic E-state index is 0.0525. The van der Waals surface area contributed by atoms with Gasteiger partial charge in [-0.1, -0.05) is 6.92 Å². The van der Waals surface area contributed by atoms with E-state index in [4.69, 9.17) is 4.74 Å². The Balaban J connectivity index is 1.82. The summed E-state index contributed by atoms with van der Waals surface area (Å²) >= 11 is 0. The molecule has 1 N–H and O–H groups in total. The molecule has 1 spiro atoms. The van der Waals surface area contributed by atoms with E-state index >= 15 is 0 Å². The third kappa shape index (κ3) is 1.14. The smallest absolute Gasteiger partial charge is 0.313 e. The van der Waals surface area contributed by atoms with Crippen molar-refractivity contribution < 1.29 is 14.6 Å². The molecular weight excluding hydrogens is 264 g/mol. The predicted molar refractivity (Wildman–Crippen MR) is 77.2 cm³/mol. The fourth-order valence-corrected chi connectivity index (χ4v) is 5.91. The molecule has 3 heteroatoms. The molecular formula is C18H20O3. The molecule has 5 atom stereocenters. The maximum Gasteiger partial charge on any atom is 0.313 e. The van der Waals surface area contributed by atoms with E-state index < -0.39 is 0 Å². The van der Waals surface area contributed by atoms with E-state index in [1.165, 1.54) is 16.7 Å². The molecule has 1 unspecified atom stereocenters. The Labute approximate surface area is 124 Å². The van der Waals surface area contributed by atoms with Gasteiger partial charge in [0, 0.05) is 11.8 Å². The van der Waals surface area contributed by atoms with Crippen LogP contribution in [-0.4, -0.2) is 17.2 Å². The molecule has 3 nitrogen and oxygen atoms in total. The van der Waals surface area contributed by atoms with Gasteiger partial charge in [0.05, 0.1) is 5.41 Å². The normalized spacial score (nSPS) is 41.9. The van der Waals surface area contributed by atoms with Crippen LogP contribution < -0.4 is 0 Å². The van der Waals surface area contributed by atoms with Crippen LogP contribution in [-0.2, 0) is 22.4 Å². The van der Waals surface area contributed by atoms with Gasteiger partial charge in [-0.15, -0.1) is 0 Å². The molecule has 110 valence electrons. The van der Waals surface area contributed by atoms with Gasteiger partial charge in [0.25, 0.3) is 0 Å². The van der Waals surface area contributed by atoms with Crippen molar-refractivity contribution in [3.63, 3.8) is 0 Å². The van der Waals surface area contributed by atoms with Crippen LogP contribution in [0.4, 0.5) is 0 Å². The number of fused-ring (bicyclic) bond motifs is 2. The van der Waals surface area contributed by atoms with Crippen LogP contribution in [0.5, 0.6) is 5.75 Å². The quantitative estimate of drug-likeness (QED) is 0.745.